The van der Waals surface area contributed by atoms with Gasteiger partial charge >= 0.3 is 0 Å². The van der Waals surface area contributed by atoms with E-state index in [4.69, 9.17) is 23.2 Å². The fraction of sp³-hybridized carbons (Fsp3) is 0.222. The van der Waals surface area contributed by atoms with Crippen molar-refractivity contribution in [1.82, 2.24) is 5.06 Å². The highest BCUT2D eigenvalue weighted by atomic mass is 35.5. The van der Waals surface area contributed by atoms with Crippen LogP contribution in [-0.2, 0) is 0 Å². The molecule has 1 aliphatic rings. The Bertz CT molecular complexity index is 408. The van der Waals surface area contributed by atoms with Gasteiger partial charge in [0.2, 0.25) is 5.96 Å². The van der Waals surface area contributed by atoms with Crippen molar-refractivity contribution >= 4 is 34.8 Å². The molecule has 1 heterocycles. The Morgan fingerprint density at radius 1 is 1.33 bits per heavy atom. The van der Waals surface area contributed by atoms with Crippen LogP contribution in [0.1, 0.15) is 0 Å². The molecule has 0 saturated carbocycles. The lowest BCUT2D eigenvalue weighted by atomic mass is 10.3. The van der Waals surface area contributed by atoms with Crippen molar-refractivity contribution in [2.75, 3.05) is 18.4 Å². The van der Waals surface area contributed by atoms with Crippen LogP contribution in [0.3, 0.4) is 0 Å². The second-order valence-electron chi connectivity index (χ2n) is 3.08. The molecule has 0 atom stereocenters. The molecular formula is C9H9Cl2N3O. The standard InChI is InChI=1S/C9H9Cl2N3O/c10-7-2-1-6(5-8(7)11)13-9-12-3-4-14(9)15/h1-2,5,15H,3-4H2,(H,12,13). The van der Waals surface area contributed by atoms with E-state index in [-0.39, 0.29) is 0 Å². The van der Waals surface area contributed by atoms with Crippen LogP contribution in [-0.4, -0.2) is 29.3 Å². The van der Waals surface area contributed by atoms with Gasteiger partial charge in [-0.05, 0) is 18.2 Å². The number of guanidine groups is 1. The van der Waals surface area contributed by atoms with Crippen LogP contribution in [0.2, 0.25) is 10.0 Å². The highest BCUT2D eigenvalue weighted by Gasteiger charge is 2.14. The molecule has 0 unspecified atom stereocenters. The highest BCUT2D eigenvalue weighted by molar-refractivity contribution is 6.42. The predicted molar refractivity (Wildman–Crippen MR) is 60.9 cm³/mol. The summed E-state index contributed by atoms with van der Waals surface area (Å²) in [5.74, 6) is 0.424. The number of hydrogen-bond donors (Lipinski definition) is 2. The molecule has 15 heavy (non-hydrogen) atoms. The summed E-state index contributed by atoms with van der Waals surface area (Å²) in [6, 6.07) is 5.13. The first-order valence-electron chi connectivity index (χ1n) is 4.40. The Hall–Kier alpha value is -0.970. The molecule has 1 aliphatic heterocycles. The molecule has 1 aromatic carbocycles. The monoisotopic (exact) mass is 245 g/mol. The van der Waals surface area contributed by atoms with Crippen molar-refractivity contribution < 1.29 is 5.21 Å². The van der Waals surface area contributed by atoms with E-state index in [1.807, 2.05) is 0 Å². The molecule has 0 amide bonds. The Labute approximate surface area is 97.1 Å². The van der Waals surface area contributed by atoms with Crippen molar-refractivity contribution in [3.8, 4) is 0 Å². The zero-order valence-electron chi connectivity index (χ0n) is 7.74. The summed E-state index contributed by atoms with van der Waals surface area (Å²) < 4.78 is 0. The molecule has 80 valence electrons. The third-order valence-corrected chi connectivity index (χ3v) is 2.73. The van der Waals surface area contributed by atoms with E-state index in [1.54, 1.807) is 18.2 Å². The number of nitrogens with one attached hydrogen (secondary N) is 1. The lowest BCUT2D eigenvalue weighted by molar-refractivity contribution is -0.00269. The second-order valence-corrected chi connectivity index (χ2v) is 3.90. The van der Waals surface area contributed by atoms with E-state index < -0.39 is 0 Å². The average molecular weight is 246 g/mol. The van der Waals surface area contributed by atoms with Crippen LogP contribution < -0.4 is 5.32 Å². The molecule has 4 nitrogen and oxygen atoms in total. The fourth-order valence-electron chi connectivity index (χ4n) is 1.25. The van der Waals surface area contributed by atoms with Crippen molar-refractivity contribution in [3.63, 3.8) is 0 Å². The first kappa shape index (κ1) is 10.5. The zero-order chi connectivity index (χ0) is 10.8. The van der Waals surface area contributed by atoms with E-state index >= 15 is 0 Å². The largest absolute Gasteiger partial charge is 0.324 e. The smallest absolute Gasteiger partial charge is 0.222 e. The van der Waals surface area contributed by atoms with E-state index in [1.165, 1.54) is 0 Å². The lowest BCUT2D eigenvalue weighted by Crippen LogP contribution is -2.29. The second kappa shape index (κ2) is 4.26. The summed E-state index contributed by atoms with van der Waals surface area (Å²) in [6.07, 6.45) is 0. The normalized spacial score (nSPS) is 15.4. The molecule has 0 spiro atoms. The van der Waals surface area contributed by atoms with Crippen LogP contribution in [0.4, 0.5) is 5.69 Å². The van der Waals surface area contributed by atoms with Crippen molar-refractivity contribution in [2.45, 2.75) is 0 Å². The van der Waals surface area contributed by atoms with Crippen LogP contribution >= 0.6 is 23.2 Å². The Balaban J connectivity index is 2.14. The number of hydrogen-bond acceptors (Lipinski definition) is 4. The predicted octanol–water partition coefficient (Wildman–Crippen LogP) is 2.47. The molecule has 2 N–H and O–H groups in total. The van der Waals surface area contributed by atoms with Gasteiger partial charge in [0.25, 0.3) is 0 Å². The van der Waals surface area contributed by atoms with Gasteiger partial charge in [-0.15, -0.1) is 0 Å². The van der Waals surface area contributed by atoms with Gasteiger partial charge in [-0.2, -0.15) is 0 Å². The Morgan fingerprint density at radius 2 is 2.13 bits per heavy atom. The minimum absolute atomic E-state index is 0.424. The summed E-state index contributed by atoms with van der Waals surface area (Å²) in [4.78, 5) is 4.07. The average Bonchev–Trinajstić information content (AvgIpc) is 2.59. The highest BCUT2D eigenvalue weighted by Crippen LogP contribution is 2.25. The van der Waals surface area contributed by atoms with Gasteiger partial charge in [0.1, 0.15) is 0 Å². The molecule has 0 saturated heterocycles. The van der Waals surface area contributed by atoms with Gasteiger partial charge in [0.05, 0.1) is 23.1 Å². The zero-order valence-corrected chi connectivity index (χ0v) is 9.26. The van der Waals surface area contributed by atoms with Gasteiger partial charge < -0.3 is 5.32 Å². The van der Waals surface area contributed by atoms with Crippen LogP contribution in [0.5, 0.6) is 0 Å². The maximum absolute atomic E-state index is 9.36. The summed E-state index contributed by atoms with van der Waals surface area (Å²) in [5, 5.41) is 14.3. The lowest BCUT2D eigenvalue weighted by Gasteiger charge is -2.13. The fourth-order valence-corrected chi connectivity index (χ4v) is 1.54. The van der Waals surface area contributed by atoms with Crippen molar-refractivity contribution in [3.05, 3.63) is 28.2 Å². The van der Waals surface area contributed by atoms with E-state index in [0.717, 1.165) is 10.8 Å². The van der Waals surface area contributed by atoms with Crippen LogP contribution in [0, 0.1) is 0 Å². The number of benzene rings is 1. The van der Waals surface area contributed by atoms with Gasteiger partial charge in [-0.1, -0.05) is 23.2 Å². The molecule has 0 aromatic heterocycles. The molecule has 0 bridgehead atoms. The third-order valence-electron chi connectivity index (χ3n) is 1.99. The summed E-state index contributed by atoms with van der Waals surface area (Å²) in [5.41, 5.74) is 0.740. The Morgan fingerprint density at radius 3 is 2.73 bits per heavy atom. The molecule has 0 aliphatic carbocycles. The number of aliphatic imine (C=N–C) groups is 1. The molecule has 0 fully saturated rings. The molecule has 2 rings (SSSR count). The summed E-state index contributed by atoms with van der Waals surface area (Å²) in [6.45, 7) is 1.09. The third kappa shape index (κ3) is 2.34. The first-order valence-corrected chi connectivity index (χ1v) is 5.15. The molecular weight excluding hydrogens is 237 g/mol. The van der Waals surface area contributed by atoms with E-state index in [9.17, 15) is 5.21 Å². The van der Waals surface area contributed by atoms with Crippen molar-refractivity contribution in [2.24, 2.45) is 4.99 Å². The quantitative estimate of drug-likeness (QED) is 0.800. The van der Waals surface area contributed by atoms with Crippen LogP contribution in [0.25, 0.3) is 0 Å². The topological polar surface area (TPSA) is 47.9 Å². The van der Waals surface area contributed by atoms with Gasteiger partial charge in [-0.25, -0.2) is 10.1 Å². The number of nitrogens with zero attached hydrogens (tertiary/aromatic N) is 2. The number of halogens is 2. The maximum Gasteiger partial charge on any atom is 0.222 e. The minimum atomic E-state index is 0.424. The molecule has 1 aromatic rings. The van der Waals surface area contributed by atoms with Crippen molar-refractivity contribution in [1.29, 1.82) is 0 Å². The minimum Gasteiger partial charge on any atom is -0.324 e. The van der Waals surface area contributed by atoms with E-state index in [0.29, 0.717) is 29.1 Å². The first-order chi connectivity index (χ1) is 7.16. The molecule has 6 heteroatoms. The number of hydroxylamine groups is 2. The summed E-state index contributed by atoms with van der Waals surface area (Å²) in [7, 11) is 0. The summed E-state index contributed by atoms with van der Waals surface area (Å²) >= 11 is 11.6. The van der Waals surface area contributed by atoms with Gasteiger partial charge in [-0.3, -0.25) is 5.21 Å². The number of anilines is 1. The van der Waals surface area contributed by atoms with Crippen LogP contribution in [0.15, 0.2) is 23.2 Å². The SMILES string of the molecule is ON1CCN=C1Nc1ccc(Cl)c(Cl)c1. The Kier molecular flexibility index (Phi) is 3.00. The molecule has 0 radical (unpaired) electrons. The maximum atomic E-state index is 9.36. The van der Waals surface area contributed by atoms with Gasteiger partial charge in [0.15, 0.2) is 0 Å². The number of rotatable bonds is 1. The van der Waals surface area contributed by atoms with E-state index in [2.05, 4.69) is 10.3 Å². The van der Waals surface area contributed by atoms with Gasteiger partial charge in [0, 0.05) is 5.69 Å².